The molecule has 1 aromatic heterocycles. The average Bonchev–Trinajstić information content (AvgIpc) is 3.05. The van der Waals surface area contributed by atoms with Crippen molar-refractivity contribution in [1.29, 1.82) is 0 Å². The predicted molar refractivity (Wildman–Crippen MR) is 93.9 cm³/mol. The summed E-state index contributed by atoms with van der Waals surface area (Å²) in [5.74, 6) is 0.640. The van der Waals surface area contributed by atoms with Crippen LogP contribution in [0.5, 0.6) is 0 Å². The van der Waals surface area contributed by atoms with Gasteiger partial charge in [0.25, 0.3) is 0 Å². The van der Waals surface area contributed by atoms with E-state index in [2.05, 4.69) is 35.3 Å². The maximum Gasteiger partial charge on any atom is 0.227 e. The van der Waals surface area contributed by atoms with Crippen molar-refractivity contribution in [3.8, 4) is 0 Å². The fraction of sp³-hybridized carbons (Fsp3) is 0. The Kier molecular flexibility index (Phi) is 3.49. The molecule has 0 aliphatic carbocycles. The third-order valence-corrected chi connectivity index (χ3v) is 3.72. The minimum absolute atomic E-state index is 0.640. The molecular formula is C21H15NO. The molecule has 0 fully saturated rings. The molecule has 0 saturated heterocycles. The van der Waals surface area contributed by atoms with Gasteiger partial charge in [-0.15, -0.1) is 0 Å². The van der Waals surface area contributed by atoms with Gasteiger partial charge in [0.1, 0.15) is 5.52 Å². The third kappa shape index (κ3) is 2.79. The molecule has 0 saturated carbocycles. The second-order valence-corrected chi connectivity index (χ2v) is 5.32. The molecule has 0 N–H and O–H groups in total. The van der Waals surface area contributed by atoms with Gasteiger partial charge in [-0.1, -0.05) is 72.8 Å². The van der Waals surface area contributed by atoms with Crippen LogP contribution in [-0.2, 0) is 0 Å². The van der Waals surface area contributed by atoms with Crippen molar-refractivity contribution in [2.45, 2.75) is 0 Å². The van der Waals surface area contributed by atoms with Gasteiger partial charge in [0.15, 0.2) is 5.58 Å². The maximum absolute atomic E-state index is 5.98. The van der Waals surface area contributed by atoms with E-state index in [1.54, 1.807) is 0 Å². The van der Waals surface area contributed by atoms with Gasteiger partial charge in [-0.2, -0.15) is 0 Å². The highest BCUT2D eigenvalue weighted by molar-refractivity contribution is 5.90. The van der Waals surface area contributed by atoms with E-state index < -0.39 is 0 Å². The second kappa shape index (κ2) is 5.93. The van der Waals surface area contributed by atoms with Crippen LogP contribution < -0.4 is 0 Å². The van der Waals surface area contributed by atoms with E-state index >= 15 is 0 Å². The summed E-state index contributed by atoms with van der Waals surface area (Å²) in [5, 5.41) is 0. The molecule has 2 nitrogen and oxygen atoms in total. The summed E-state index contributed by atoms with van der Waals surface area (Å²) in [6.07, 6.45) is 2.11. The van der Waals surface area contributed by atoms with Crippen LogP contribution in [-0.4, -0.2) is 4.98 Å². The number of nitrogens with zero attached hydrogens (tertiary/aromatic N) is 1. The van der Waals surface area contributed by atoms with Gasteiger partial charge in [-0.05, 0) is 29.3 Å². The average molecular weight is 297 g/mol. The van der Waals surface area contributed by atoms with E-state index in [1.165, 1.54) is 0 Å². The standard InChI is InChI=1S/C21H15NO/c1-3-9-16(10-4-1)15-18(17-11-5-2-6-12-17)21-22-19-13-7-8-14-20(19)23-21/h1-15H/b18-15+. The third-order valence-electron chi connectivity index (χ3n) is 3.72. The van der Waals surface area contributed by atoms with Gasteiger partial charge in [-0.25, -0.2) is 4.98 Å². The van der Waals surface area contributed by atoms with Crippen LogP contribution in [0.25, 0.3) is 22.7 Å². The second-order valence-electron chi connectivity index (χ2n) is 5.32. The highest BCUT2D eigenvalue weighted by Crippen LogP contribution is 2.28. The van der Waals surface area contributed by atoms with Crippen molar-refractivity contribution in [2.75, 3.05) is 0 Å². The van der Waals surface area contributed by atoms with E-state index in [0.29, 0.717) is 5.89 Å². The number of oxazole rings is 1. The number of fused-ring (bicyclic) bond motifs is 1. The van der Waals surface area contributed by atoms with Gasteiger partial charge in [0.2, 0.25) is 5.89 Å². The zero-order valence-corrected chi connectivity index (χ0v) is 12.5. The lowest BCUT2D eigenvalue weighted by Gasteiger charge is -2.04. The van der Waals surface area contributed by atoms with Crippen molar-refractivity contribution in [3.63, 3.8) is 0 Å². The molecule has 4 aromatic rings. The maximum atomic E-state index is 5.98. The number of hydrogen-bond donors (Lipinski definition) is 0. The molecule has 0 spiro atoms. The molecule has 110 valence electrons. The highest BCUT2D eigenvalue weighted by Gasteiger charge is 2.12. The molecule has 4 rings (SSSR count). The van der Waals surface area contributed by atoms with Gasteiger partial charge in [0, 0.05) is 5.57 Å². The minimum Gasteiger partial charge on any atom is -0.436 e. The number of aromatic nitrogens is 1. The predicted octanol–water partition coefficient (Wildman–Crippen LogP) is 5.42. The van der Waals surface area contributed by atoms with E-state index in [9.17, 15) is 0 Å². The van der Waals surface area contributed by atoms with E-state index in [0.717, 1.165) is 27.8 Å². The summed E-state index contributed by atoms with van der Waals surface area (Å²) >= 11 is 0. The van der Waals surface area contributed by atoms with Gasteiger partial charge < -0.3 is 4.42 Å². The monoisotopic (exact) mass is 297 g/mol. The van der Waals surface area contributed by atoms with Crippen molar-refractivity contribution < 1.29 is 4.42 Å². The van der Waals surface area contributed by atoms with Crippen molar-refractivity contribution in [2.24, 2.45) is 0 Å². The Bertz CT molecular complexity index is 920. The Labute approximate surface area is 134 Å². The molecular weight excluding hydrogens is 282 g/mol. The molecule has 0 atom stereocenters. The molecule has 1 heterocycles. The summed E-state index contributed by atoms with van der Waals surface area (Å²) in [6, 6.07) is 28.3. The van der Waals surface area contributed by atoms with Crippen molar-refractivity contribution >= 4 is 22.7 Å². The van der Waals surface area contributed by atoms with Crippen molar-refractivity contribution in [3.05, 3.63) is 102 Å². The summed E-state index contributed by atoms with van der Waals surface area (Å²) < 4.78 is 5.98. The van der Waals surface area contributed by atoms with Gasteiger partial charge in [0.05, 0.1) is 0 Å². The number of benzene rings is 3. The van der Waals surface area contributed by atoms with Crippen LogP contribution in [0.4, 0.5) is 0 Å². The lowest BCUT2D eigenvalue weighted by atomic mass is 10.0. The first-order valence-corrected chi connectivity index (χ1v) is 7.58. The molecule has 0 amide bonds. The normalized spacial score (nSPS) is 11.7. The van der Waals surface area contributed by atoms with Crippen LogP contribution in [0.2, 0.25) is 0 Å². The lowest BCUT2D eigenvalue weighted by molar-refractivity contribution is 0.585. The first-order valence-electron chi connectivity index (χ1n) is 7.58. The topological polar surface area (TPSA) is 26.0 Å². The molecule has 3 aromatic carbocycles. The number of para-hydroxylation sites is 2. The fourth-order valence-electron chi connectivity index (χ4n) is 2.59. The smallest absolute Gasteiger partial charge is 0.227 e. The molecule has 0 bridgehead atoms. The molecule has 2 heteroatoms. The van der Waals surface area contributed by atoms with Crippen molar-refractivity contribution in [1.82, 2.24) is 4.98 Å². The number of rotatable bonds is 3. The Balaban J connectivity index is 1.90. The van der Waals surface area contributed by atoms with Gasteiger partial charge in [-0.3, -0.25) is 0 Å². The van der Waals surface area contributed by atoms with Crippen LogP contribution in [0.1, 0.15) is 17.0 Å². The molecule has 0 unspecified atom stereocenters. The highest BCUT2D eigenvalue weighted by atomic mass is 16.3. The molecule has 0 aliphatic rings. The lowest BCUT2D eigenvalue weighted by Crippen LogP contribution is -1.88. The largest absolute Gasteiger partial charge is 0.436 e. The Morgan fingerprint density at radius 3 is 2.13 bits per heavy atom. The van der Waals surface area contributed by atoms with Crippen LogP contribution in [0.15, 0.2) is 89.3 Å². The SMILES string of the molecule is C(=C(/c1ccccc1)c1nc2ccccc2o1)/c1ccccc1. The fourth-order valence-corrected chi connectivity index (χ4v) is 2.59. The molecule has 0 aliphatic heterocycles. The number of hydrogen-bond acceptors (Lipinski definition) is 2. The zero-order chi connectivity index (χ0) is 15.5. The van der Waals surface area contributed by atoms with Crippen LogP contribution in [0.3, 0.4) is 0 Å². The van der Waals surface area contributed by atoms with Gasteiger partial charge >= 0.3 is 0 Å². The summed E-state index contributed by atoms with van der Waals surface area (Å²) in [6.45, 7) is 0. The first kappa shape index (κ1) is 13.5. The molecule has 23 heavy (non-hydrogen) atoms. The van der Waals surface area contributed by atoms with E-state index in [4.69, 9.17) is 4.42 Å². The molecule has 0 radical (unpaired) electrons. The Hall–Kier alpha value is -3.13. The summed E-state index contributed by atoms with van der Waals surface area (Å²) in [7, 11) is 0. The summed E-state index contributed by atoms with van der Waals surface area (Å²) in [5.41, 5.74) is 4.86. The van der Waals surface area contributed by atoms with E-state index in [-0.39, 0.29) is 0 Å². The first-order chi connectivity index (χ1) is 11.4. The Morgan fingerprint density at radius 1 is 0.739 bits per heavy atom. The van der Waals surface area contributed by atoms with E-state index in [1.807, 2.05) is 60.7 Å². The van der Waals surface area contributed by atoms with Crippen LogP contribution in [0, 0.1) is 0 Å². The summed E-state index contributed by atoms with van der Waals surface area (Å²) in [4.78, 5) is 4.65. The Morgan fingerprint density at radius 2 is 1.39 bits per heavy atom. The zero-order valence-electron chi connectivity index (χ0n) is 12.5. The quantitative estimate of drug-likeness (QED) is 0.472. The van der Waals surface area contributed by atoms with Crippen LogP contribution >= 0.6 is 0 Å². The minimum atomic E-state index is 0.640.